The average Bonchev–Trinajstić information content (AvgIpc) is 2.32. The maximum absolute atomic E-state index is 9.16. The Morgan fingerprint density at radius 2 is 2.33 bits per heavy atom. The van der Waals surface area contributed by atoms with Crippen LogP contribution in [0.5, 0.6) is 0 Å². The number of aromatic nitrogens is 3. The molecule has 2 N–H and O–H groups in total. The Labute approximate surface area is 71.0 Å². The number of hydrogen-bond acceptors (Lipinski definition) is 3. The van der Waals surface area contributed by atoms with Gasteiger partial charge in [0.05, 0.1) is 0 Å². The number of aliphatic hydroxyl groups excluding tert-OH is 1. The molecule has 1 saturated carbocycles. The summed E-state index contributed by atoms with van der Waals surface area (Å²) in [6, 6.07) is 0. The van der Waals surface area contributed by atoms with Gasteiger partial charge in [0.1, 0.15) is 11.9 Å². The summed E-state index contributed by atoms with van der Waals surface area (Å²) in [5.41, 5.74) is 0. The Balaban J connectivity index is 2.12. The van der Waals surface area contributed by atoms with Crippen LogP contribution in [-0.2, 0) is 0 Å². The van der Waals surface area contributed by atoms with E-state index in [1.165, 1.54) is 19.3 Å². The molecule has 4 nitrogen and oxygen atoms in total. The van der Waals surface area contributed by atoms with Gasteiger partial charge >= 0.3 is 0 Å². The highest BCUT2D eigenvalue weighted by atomic mass is 16.3. The summed E-state index contributed by atoms with van der Waals surface area (Å²) in [6.07, 6.45) is 3.13. The summed E-state index contributed by atoms with van der Waals surface area (Å²) in [5, 5.41) is 16.0. The molecular weight excluding hydrogens is 154 g/mol. The van der Waals surface area contributed by atoms with E-state index < -0.39 is 6.10 Å². The van der Waals surface area contributed by atoms with Crippen LogP contribution < -0.4 is 0 Å². The molecule has 66 valence electrons. The highest BCUT2D eigenvalue weighted by Crippen LogP contribution is 2.34. The molecule has 4 heteroatoms. The largest absolute Gasteiger partial charge is 0.385 e. The molecule has 0 amide bonds. The lowest BCUT2D eigenvalue weighted by Crippen LogP contribution is -2.10. The number of aromatic amines is 1. The molecule has 1 aromatic rings. The van der Waals surface area contributed by atoms with Crippen molar-refractivity contribution in [2.75, 3.05) is 0 Å². The second-order valence-electron chi connectivity index (χ2n) is 3.38. The summed E-state index contributed by atoms with van der Waals surface area (Å²) in [7, 11) is 0. The van der Waals surface area contributed by atoms with Crippen LogP contribution in [0.25, 0.3) is 0 Å². The summed E-state index contributed by atoms with van der Waals surface area (Å²) < 4.78 is 0. The molecule has 0 aromatic carbocycles. The Kier molecular flexibility index (Phi) is 1.84. The Morgan fingerprint density at radius 3 is 2.75 bits per heavy atom. The third-order valence-corrected chi connectivity index (χ3v) is 2.39. The molecular formula is C8H13N3O. The van der Waals surface area contributed by atoms with E-state index in [0.29, 0.717) is 11.7 Å². The van der Waals surface area contributed by atoms with Crippen molar-refractivity contribution >= 4 is 0 Å². The first-order valence-corrected chi connectivity index (χ1v) is 4.37. The quantitative estimate of drug-likeness (QED) is 0.694. The van der Waals surface area contributed by atoms with E-state index in [1.807, 2.05) is 0 Å². The van der Waals surface area contributed by atoms with Crippen molar-refractivity contribution in [1.29, 1.82) is 0 Å². The van der Waals surface area contributed by atoms with Gasteiger partial charge in [-0.15, -0.1) is 0 Å². The summed E-state index contributed by atoms with van der Waals surface area (Å²) >= 11 is 0. The van der Waals surface area contributed by atoms with Gasteiger partial charge in [-0.1, -0.05) is 6.42 Å². The molecule has 1 heterocycles. The third kappa shape index (κ3) is 1.22. The predicted molar refractivity (Wildman–Crippen MR) is 43.6 cm³/mol. The smallest absolute Gasteiger partial charge is 0.178 e. The normalized spacial score (nSPS) is 20.5. The second-order valence-corrected chi connectivity index (χ2v) is 3.38. The third-order valence-electron chi connectivity index (χ3n) is 2.39. The topological polar surface area (TPSA) is 61.8 Å². The van der Waals surface area contributed by atoms with Crippen molar-refractivity contribution in [1.82, 2.24) is 15.2 Å². The number of nitrogens with one attached hydrogen (secondary N) is 1. The van der Waals surface area contributed by atoms with Gasteiger partial charge < -0.3 is 5.11 Å². The lowest BCUT2D eigenvalue weighted by molar-refractivity contribution is 0.189. The molecule has 1 aliphatic carbocycles. The monoisotopic (exact) mass is 167 g/mol. The SMILES string of the molecule is CC(O)c1n[nH]c(C2CCC2)n1. The fourth-order valence-electron chi connectivity index (χ4n) is 1.34. The molecule has 2 rings (SSSR count). The van der Waals surface area contributed by atoms with E-state index in [9.17, 15) is 0 Å². The van der Waals surface area contributed by atoms with Gasteiger partial charge in [0.2, 0.25) is 0 Å². The lowest BCUT2D eigenvalue weighted by atomic mass is 9.85. The molecule has 1 unspecified atom stereocenters. The Hall–Kier alpha value is -0.900. The van der Waals surface area contributed by atoms with Gasteiger partial charge in [0.15, 0.2) is 5.82 Å². The molecule has 0 radical (unpaired) electrons. The molecule has 0 aliphatic heterocycles. The maximum atomic E-state index is 9.16. The summed E-state index contributed by atoms with van der Waals surface area (Å²) in [4.78, 5) is 4.22. The van der Waals surface area contributed by atoms with Gasteiger partial charge in [-0.25, -0.2) is 4.98 Å². The number of aliphatic hydroxyl groups is 1. The van der Waals surface area contributed by atoms with E-state index in [1.54, 1.807) is 6.92 Å². The van der Waals surface area contributed by atoms with Crippen molar-refractivity contribution in [2.45, 2.75) is 38.2 Å². The molecule has 1 aromatic heterocycles. The number of hydrogen-bond donors (Lipinski definition) is 2. The fraction of sp³-hybridized carbons (Fsp3) is 0.750. The molecule has 0 spiro atoms. The van der Waals surface area contributed by atoms with E-state index in [4.69, 9.17) is 5.11 Å². The highest BCUT2D eigenvalue weighted by Gasteiger charge is 2.23. The minimum atomic E-state index is -0.560. The molecule has 1 fully saturated rings. The molecule has 0 bridgehead atoms. The first-order chi connectivity index (χ1) is 5.77. The summed E-state index contributed by atoms with van der Waals surface area (Å²) in [6.45, 7) is 1.67. The van der Waals surface area contributed by atoms with Crippen LogP contribution in [0.2, 0.25) is 0 Å². The van der Waals surface area contributed by atoms with Gasteiger partial charge in [-0.3, -0.25) is 5.10 Å². The number of H-pyrrole nitrogens is 1. The zero-order valence-electron chi connectivity index (χ0n) is 7.12. The van der Waals surface area contributed by atoms with Gasteiger partial charge in [0, 0.05) is 5.92 Å². The van der Waals surface area contributed by atoms with Crippen LogP contribution in [0.3, 0.4) is 0 Å². The second kappa shape index (κ2) is 2.86. The van der Waals surface area contributed by atoms with Crippen LogP contribution in [0, 0.1) is 0 Å². The average molecular weight is 167 g/mol. The zero-order chi connectivity index (χ0) is 8.55. The number of nitrogens with zero attached hydrogens (tertiary/aromatic N) is 2. The van der Waals surface area contributed by atoms with E-state index in [2.05, 4.69) is 15.2 Å². The summed E-state index contributed by atoms with van der Waals surface area (Å²) in [5.74, 6) is 2.01. The van der Waals surface area contributed by atoms with Crippen LogP contribution in [0.4, 0.5) is 0 Å². The predicted octanol–water partition coefficient (Wildman–Crippen LogP) is 1.13. The van der Waals surface area contributed by atoms with Crippen molar-refractivity contribution in [3.8, 4) is 0 Å². The Bertz CT molecular complexity index is 265. The molecule has 1 aliphatic rings. The van der Waals surface area contributed by atoms with Crippen LogP contribution >= 0.6 is 0 Å². The number of rotatable bonds is 2. The van der Waals surface area contributed by atoms with Crippen LogP contribution in [0.15, 0.2) is 0 Å². The minimum absolute atomic E-state index is 0.511. The van der Waals surface area contributed by atoms with Crippen LogP contribution in [-0.4, -0.2) is 20.3 Å². The highest BCUT2D eigenvalue weighted by molar-refractivity contribution is 5.02. The molecule has 12 heavy (non-hydrogen) atoms. The van der Waals surface area contributed by atoms with Crippen molar-refractivity contribution in [2.24, 2.45) is 0 Å². The van der Waals surface area contributed by atoms with Gasteiger partial charge in [0.25, 0.3) is 0 Å². The van der Waals surface area contributed by atoms with Gasteiger partial charge in [-0.05, 0) is 19.8 Å². The fourth-order valence-corrected chi connectivity index (χ4v) is 1.34. The van der Waals surface area contributed by atoms with E-state index >= 15 is 0 Å². The molecule has 0 saturated heterocycles. The maximum Gasteiger partial charge on any atom is 0.178 e. The van der Waals surface area contributed by atoms with Crippen molar-refractivity contribution < 1.29 is 5.11 Å². The minimum Gasteiger partial charge on any atom is -0.385 e. The lowest BCUT2D eigenvalue weighted by Gasteiger charge is -2.22. The Morgan fingerprint density at radius 1 is 1.58 bits per heavy atom. The van der Waals surface area contributed by atoms with Gasteiger partial charge in [-0.2, -0.15) is 5.10 Å². The zero-order valence-corrected chi connectivity index (χ0v) is 7.12. The standard InChI is InChI=1S/C8H13N3O/c1-5(12)7-9-8(11-10-7)6-3-2-4-6/h5-6,12H,2-4H2,1H3,(H,9,10,11). The molecule has 1 atom stereocenters. The van der Waals surface area contributed by atoms with E-state index in [-0.39, 0.29) is 0 Å². The first-order valence-electron chi connectivity index (χ1n) is 4.37. The van der Waals surface area contributed by atoms with Crippen LogP contribution in [0.1, 0.15) is 49.9 Å². The van der Waals surface area contributed by atoms with E-state index in [0.717, 1.165) is 5.82 Å². The van der Waals surface area contributed by atoms with Crippen molar-refractivity contribution in [3.63, 3.8) is 0 Å². The first kappa shape index (κ1) is 7.73. The van der Waals surface area contributed by atoms with Crippen molar-refractivity contribution in [3.05, 3.63) is 11.6 Å².